The third-order valence-corrected chi connectivity index (χ3v) is 3.49. The Labute approximate surface area is 134 Å². The van der Waals surface area contributed by atoms with Crippen molar-refractivity contribution in [3.8, 4) is 0 Å². The van der Waals surface area contributed by atoms with Gasteiger partial charge in [-0.2, -0.15) is 0 Å². The van der Waals surface area contributed by atoms with Gasteiger partial charge in [-0.25, -0.2) is 0 Å². The second kappa shape index (κ2) is 18.2. The molecule has 3 heteroatoms. The predicted octanol–water partition coefficient (Wildman–Crippen LogP) is 5.55. The average Bonchev–Trinajstić information content (AvgIpc) is 2.34. The third kappa shape index (κ3) is 20.6. The summed E-state index contributed by atoms with van der Waals surface area (Å²) in [6.45, 7) is 2.26. The molecule has 0 atom stereocenters. The molecular formula is C16H32MoO2. The molecule has 0 aromatic rings. The standard InChI is InChI=1S/C16H32O2.Mo/c1-2-3-4-5-6-7-8-9-10-11-12-13-14-15-16(17)18;/h2-15H2,1H3,(H,17,18);. The van der Waals surface area contributed by atoms with Gasteiger partial charge in [0.2, 0.25) is 0 Å². The van der Waals surface area contributed by atoms with Gasteiger partial charge in [-0.1, -0.05) is 84.0 Å². The molecule has 0 rings (SSSR count). The van der Waals surface area contributed by atoms with Crippen LogP contribution in [-0.2, 0) is 25.9 Å². The van der Waals surface area contributed by atoms with Crippen molar-refractivity contribution in [2.45, 2.75) is 96.8 Å². The van der Waals surface area contributed by atoms with Gasteiger partial charge in [0.05, 0.1) is 0 Å². The summed E-state index contributed by atoms with van der Waals surface area (Å²) in [7, 11) is 0. The molecule has 0 unspecified atom stereocenters. The SMILES string of the molecule is CCCCCCCCCCCCCCCC(=O)O.[Mo]. The Kier molecular flexibility index (Phi) is 20.5. The van der Waals surface area contributed by atoms with Crippen LogP contribution in [-0.4, -0.2) is 11.1 Å². The van der Waals surface area contributed by atoms with Gasteiger partial charge in [-0.05, 0) is 6.42 Å². The van der Waals surface area contributed by atoms with Crippen molar-refractivity contribution in [3.05, 3.63) is 0 Å². The third-order valence-electron chi connectivity index (χ3n) is 3.49. The minimum Gasteiger partial charge on any atom is -0.481 e. The van der Waals surface area contributed by atoms with Crippen LogP contribution in [0.25, 0.3) is 0 Å². The van der Waals surface area contributed by atoms with Gasteiger partial charge in [0.15, 0.2) is 0 Å². The van der Waals surface area contributed by atoms with Gasteiger partial charge < -0.3 is 5.11 Å². The van der Waals surface area contributed by atoms with E-state index in [0.29, 0.717) is 6.42 Å². The van der Waals surface area contributed by atoms with Gasteiger partial charge in [-0.15, -0.1) is 0 Å². The summed E-state index contributed by atoms with van der Waals surface area (Å²) >= 11 is 0. The number of carboxylic acid groups (broad SMARTS) is 1. The van der Waals surface area contributed by atoms with Crippen molar-refractivity contribution in [2.24, 2.45) is 0 Å². The molecule has 0 spiro atoms. The van der Waals surface area contributed by atoms with Crippen LogP contribution in [0.2, 0.25) is 0 Å². The second-order valence-corrected chi connectivity index (χ2v) is 5.39. The summed E-state index contributed by atoms with van der Waals surface area (Å²) < 4.78 is 0. The molecule has 0 heterocycles. The van der Waals surface area contributed by atoms with Crippen molar-refractivity contribution in [3.63, 3.8) is 0 Å². The van der Waals surface area contributed by atoms with Crippen molar-refractivity contribution < 1.29 is 31.0 Å². The number of carbonyl (C=O) groups is 1. The van der Waals surface area contributed by atoms with E-state index in [4.69, 9.17) is 5.11 Å². The molecule has 0 aliphatic carbocycles. The van der Waals surface area contributed by atoms with Crippen molar-refractivity contribution in [2.75, 3.05) is 0 Å². The first-order valence-corrected chi connectivity index (χ1v) is 7.99. The van der Waals surface area contributed by atoms with Crippen LogP contribution in [0.4, 0.5) is 0 Å². The second-order valence-electron chi connectivity index (χ2n) is 5.39. The first kappa shape index (κ1) is 21.5. The molecule has 0 fully saturated rings. The van der Waals surface area contributed by atoms with E-state index in [0.717, 1.165) is 12.8 Å². The number of carboxylic acids is 1. The normalized spacial score (nSPS) is 10.2. The quantitative estimate of drug-likeness (QED) is 0.329. The zero-order chi connectivity index (χ0) is 13.5. The van der Waals surface area contributed by atoms with Crippen LogP contribution in [0.5, 0.6) is 0 Å². The maximum atomic E-state index is 10.3. The summed E-state index contributed by atoms with van der Waals surface area (Å²) in [6, 6.07) is 0. The molecule has 19 heavy (non-hydrogen) atoms. The molecule has 0 aromatic carbocycles. The fourth-order valence-electron chi connectivity index (χ4n) is 2.29. The molecule has 0 radical (unpaired) electrons. The Hall–Kier alpha value is 0.158. The van der Waals surface area contributed by atoms with Crippen molar-refractivity contribution >= 4 is 5.97 Å². The number of rotatable bonds is 14. The van der Waals surface area contributed by atoms with E-state index < -0.39 is 5.97 Å². The first-order valence-electron chi connectivity index (χ1n) is 7.99. The minimum absolute atomic E-state index is 0. The minimum atomic E-state index is -0.655. The van der Waals surface area contributed by atoms with E-state index >= 15 is 0 Å². The van der Waals surface area contributed by atoms with Gasteiger partial charge in [0.25, 0.3) is 0 Å². The van der Waals surface area contributed by atoms with Crippen molar-refractivity contribution in [1.82, 2.24) is 0 Å². The molecule has 0 aliphatic heterocycles. The Morgan fingerprint density at radius 1 is 0.684 bits per heavy atom. The number of unbranched alkanes of at least 4 members (excludes halogenated alkanes) is 12. The topological polar surface area (TPSA) is 37.3 Å². The smallest absolute Gasteiger partial charge is 0.303 e. The number of hydrogen-bond acceptors (Lipinski definition) is 1. The van der Waals surface area contributed by atoms with Crippen LogP contribution in [0, 0.1) is 0 Å². The van der Waals surface area contributed by atoms with E-state index in [1.165, 1.54) is 70.6 Å². The van der Waals surface area contributed by atoms with E-state index in [1.807, 2.05) is 0 Å². The largest absolute Gasteiger partial charge is 0.481 e. The number of hydrogen-bond donors (Lipinski definition) is 1. The molecule has 0 amide bonds. The maximum absolute atomic E-state index is 10.3. The first-order chi connectivity index (χ1) is 8.77. The molecular weight excluding hydrogens is 320 g/mol. The number of aliphatic carboxylic acids is 1. The molecule has 0 aliphatic rings. The van der Waals surface area contributed by atoms with Crippen LogP contribution in [0.15, 0.2) is 0 Å². The van der Waals surface area contributed by atoms with Crippen LogP contribution in [0.1, 0.15) is 96.8 Å². The van der Waals surface area contributed by atoms with Gasteiger partial charge in [-0.3, -0.25) is 4.79 Å². The van der Waals surface area contributed by atoms with E-state index in [1.54, 1.807) is 0 Å². The monoisotopic (exact) mass is 354 g/mol. The van der Waals surface area contributed by atoms with Gasteiger partial charge in [0, 0.05) is 27.5 Å². The molecule has 114 valence electrons. The molecule has 0 bridgehead atoms. The van der Waals surface area contributed by atoms with Crippen LogP contribution < -0.4 is 0 Å². The van der Waals surface area contributed by atoms with E-state index in [9.17, 15) is 4.79 Å². The maximum Gasteiger partial charge on any atom is 0.303 e. The van der Waals surface area contributed by atoms with E-state index in [-0.39, 0.29) is 21.1 Å². The Bertz CT molecular complexity index is 184. The summed E-state index contributed by atoms with van der Waals surface area (Å²) in [6.07, 6.45) is 17.3. The van der Waals surface area contributed by atoms with Crippen LogP contribution in [0.3, 0.4) is 0 Å². The fourth-order valence-corrected chi connectivity index (χ4v) is 2.29. The molecule has 0 saturated carbocycles. The predicted molar refractivity (Wildman–Crippen MR) is 77.9 cm³/mol. The van der Waals surface area contributed by atoms with Crippen molar-refractivity contribution in [1.29, 1.82) is 0 Å². The Morgan fingerprint density at radius 2 is 1.00 bits per heavy atom. The molecule has 0 saturated heterocycles. The summed E-state index contributed by atoms with van der Waals surface area (Å²) in [4.78, 5) is 10.3. The van der Waals surface area contributed by atoms with Gasteiger partial charge in [0.1, 0.15) is 0 Å². The zero-order valence-electron chi connectivity index (χ0n) is 12.7. The Morgan fingerprint density at radius 3 is 1.32 bits per heavy atom. The average molecular weight is 352 g/mol. The Balaban J connectivity index is 0. The zero-order valence-corrected chi connectivity index (χ0v) is 14.7. The van der Waals surface area contributed by atoms with Crippen LogP contribution >= 0.6 is 0 Å². The van der Waals surface area contributed by atoms with Gasteiger partial charge >= 0.3 is 5.97 Å². The summed E-state index contributed by atoms with van der Waals surface area (Å²) in [5, 5.41) is 8.49. The summed E-state index contributed by atoms with van der Waals surface area (Å²) in [5.74, 6) is -0.655. The molecule has 1 N–H and O–H groups in total. The van der Waals surface area contributed by atoms with E-state index in [2.05, 4.69) is 6.92 Å². The fraction of sp³-hybridized carbons (Fsp3) is 0.938. The molecule has 0 aromatic heterocycles. The summed E-state index contributed by atoms with van der Waals surface area (Å²) in [5.41, 5.74) is 0. The molecule has 2 nitrogen and oxygen atoms in total.